The number of hydrogen-bond acceptors (Lipinski definition) is 3. The van der Waals surface area contributed by atoms with Gasteiger partial charge in [0, 0.05) is 19.2 Å². The summed E-state index contributed by atoms with van der Waals surface area (Å²) < 4.78 is 2.75. The summed E-state index contributed by atoms with van der Waals surface area (Å²) >= 11 is 0. The first-order valence-electron chi connectivity index (χ1n) is 6.49. The Morgan fingerprint density at radius 3 is 2.11 bits per heavy atom. The lowest BCUT2D eigenvalue weighted by Gasteiger charge is -2.11. The Kier molecular flexibility index (Phi) is 2.69. The van der Waals surface area contributed by atoms with E-state index in [2.05, 4.69) is 0 Å². The zero-order valence-electron chi connectivity index (χ0n) is 10.2. The molecule has 0 aromatic carbocycles. The van der Waals surface area contributed by atoms with Crippen LogP contribution in [0.2, 0.25) is 0 Å². The number of hydrogen-bond donors (Lipinski definition) is 0. The summed E-state index contributed by atoms with van der Waals surface area (Å²) in [6, 6.07) is 1.29. The Hall–Kier alpha value is -1.65. The maximum Gasteiger partial charge on any atom is 0.331 e. The van der Waals surface area contributed by atoms with Gasteiger partial charge < -0.3 is 0 Å². The molecule has 0 N–H and O–H groups in total. The number of aldehydes is 1. The largest absolute Gasteiger partial charge is 0.331 e. The van der Waals surface area contributed by atoms with Crippen LogP contribution in [0.5, 0.6) is 0 Å². The highest BCUT2D eigenvalue weighted by Crippen LogP contribution is 2.31. The second kappa shape index (κ2) is 4.23. The van der Waals surface area contributed by atoms with Crippen molar-refractivity contribution in [2.24, 2.45) is 11.8 Å². The van der Waals surface area contributed by atoms with Gasteiger partial charge in [-0.2, -0.15) is 0 Å². The monoisotopic (exact) mass is 248 g/mol. The normalized spacial score (nSPS) is 18.9. The zero-order valence-corrected chi connectivity index (χ0v) is 10.2. The third-order valence-electron chi connectivity index (χ3n) is 3.71. The minimum atomic E-state index is -0.346. The summed E-state index contributed by atoms with van der Waals surface area (Å²) in [4.78, 5) is 35.1. The van der Waals surface area contributed by atoms with E-state index in [-0.39, 0.29) is 16.9 Å². The van der Waals surface area contributed by atoms with Crippen LogP contribution in [0.4, 0.5) is 0 Å². The molecule has 0 amide bonds. The molecule has 3 rings (SSSR count). The molecule has 1 heterocycles. The lowest BCUT2D eigenvalue weighted by atomic mass is 10.3. The Bertz CT molecular complexity index is 591. The average Bonchev–Trinajstić information content (AvgIpc) is 3.22. The van der Waals surface area contributed by atoms with Gasteiger partial charge in [0.1, 0.15) is 0 Å². The molecule has 96 valence electrons. The topological polar surface area (TPSA) is 61.1 Å². The van der Waals surface area contributed by atoms with Gasteiger partial charge in [-0.05, 0) is 37.5 Å². The maximum atomic E-state index is 12.3. The highest BCUT2D eigenvalue weighted by atomic mass is 16.2. The van der Waals surface area contributed by atoms with E-state index >= 15 is 0 Å². The van der Waals surface area contributed by atoms with Gasteiger partial charge >= 0.3 is 5.69 Å². The standard InChI is InChI=1S/C13H16N2O3/c16-8-11-5-12(17)15(7-10-3-4-10)13(18)14(11)6-9-1-2-9/h5,8-10H,1-4,6-7H2. The fourth-order valence-corrected chi connectivity index (χ4v) is 2.20. The first-order chi connectivity index (χ1) is 8.69. The zero-order chi connectivity index (χ0) is 12.7. The lowest BCUT2D eigenvalue weighted by molar-refractivity contribution is 0.111. The molecule has 0 radical (unpaired) electrons. The van der Waals surface area contributed by atoms with Crippen LogP contribution in [-0.4, -0.2) is 15.4 Å². The van der Waals surface area contributed by atoms with Gasteiger partial charge in [0.15, 0.2) is 6.29 Å². The SMILES string of the molecule is O=Cc1cc(=O)n(CC2CC2)c(=O)n1CC1CC1. The Balaban J connectivity index is 2.04. The van der Waals surface area contributed by atoms with E-state index in [4.69, 9.17) is 0 Å². The van der Waals surface area contributed by atoms with Crippen LogP contribution < -0.4 is 11.2 Å². The van der Waals surface area contributed by atoms with Crippen LogP contribution >= 0.6 is 0 Å². The molecule has 1 aromatic heterocycles. The van der Waals surface area contributed by atoms with Crippen molar-refractivity contribution in [2.75, 3.05) is 0 Å². The first kappa shape index (κ1) is 11.4. The van der Waals surface area contributed by atoms with E-state index in [0.29, 0.717) is 31.2 Å². The fourth-order valence-electron chi connectivity index (χ4n) is 2.20. The minimum Gasteiger partial charge on any atom is -0.296 e. The van der Waals surface area contributed by atoms with E-state index in [0.717, 1.165) is 25.7 Å². The van der Waals surface area contributed by atoms with Crippen LogP contribution in [0.3, 0.4) is 0 Å². The van der Waals surface area contributed by atoms with Gasteiger partial charge in [0.25, 0.3) is 5.56 Å². The van der Waals surface area contributed by atoms with Gasteiger partial charge in [0.05, 0.1) is 5.69 Å². The van der Waals surface area contributed by atoms with Crippen LogP contribution in [-0.2, 0) is 13.1 Å². The summed E-state index contributed by atoms with van der Waals surface area (Å²) in [5.74, 6) is 0.958. The van der Waals surface area contributed by atoms with Crippen molar-refractivity contribution in [3.8, 4) is 0 Å². The molecule has 0 unspecified atom stereocenters. The van der Waals surface area contributed by atoms with Gasteiger partial charge in [-0.3, -0.25) is 18.7 Å². The summed E-state index contributed by atoms with van der Waals surface area (Å²) in [6.07, 6.45) is 4.99. The highest BCUT2D eigenvalue weighted by Gasteiger charge is 2.26. The third-order valence-corrected chi connectivity index (χ3v) is 3.71. The molecule has 1 aromatic rings. The molecular weight excluding hydrogens is 232 g/mol. The molecule has 0 aliphatic heterocycles. The predicted molar refractivity (Wildman–Crippen MR) is 65.8 cm³/mol. The van der Waals surface area contributed by atoms with Crippen LogP contribution in [0.15, 0.2) is 15.7 Å². The summed E-state index contributed by atoms with van der Waals surface area (Å²) in [6.45, 7) is 1.07. The molecule has 0 spiro atoms. The maximum absolute atomic E-state index is 12.3. The van der Waals surface area contributed by atoms with Crippen molar-refractivity contribution in [2.45, 2.75) is 38.8 Å². The van der Waals surface area contributed by atoms with Crippen molar-refractivity contribution >= 4 is 6.29 Å². The number of aromatic nitrogens is 2. The number of nitrogens with zero attached hydrogens (tertiary/aromatic N) is 2. The Morgan fingerprint density at radius 1 is 1.06 bits per heavy atom. The molecule has 2 saturated carbocycles. The van der Waals surface area contributed by atoms with E-state index in [1.807, 2.05) is 0 Å². The first-order valence-corrected chi connectivity index (χ1v) is 6.49. The summed E-state index contributed by atoms with van der Waals surface area (Å²) in [5, 5.41) is 0. The number of rotatable bonds is 5. The molecule has 18 heavy (non-hydrogen) atoms. The van der Waals surface area contributed by atoms with Crippen molar-refractivity contribution in [1.29, 1.82) is 0 Å². The number of carbonyl (C=O) groups is 1. The van der Waals surface area contributed by atoms with Crippen LogP contribution in [0.1, 0.15) is 36.2 Å². The van der Waals surface area contributed by atoms with Crippen molar-refractivity contribution in [1.82, 2.24) is 9.13 Å². The van der Waals surface area contributed by atoms with Gasteiger partial charge in [-0.1, -0.05) is 0 Å². The lowest BCUT2D eigenvalue weighted by Crippen LogP contribution is -2.41. The highest BCUT2D eigenvalue weighted by molar-refractivity contribution is 5.71. The minimum absolute atomic E-state index is 0.212. The molecule has 0 saturated heterocycles. The van der Waals surface area contributed by atoms with Crippen LogP contribution in [0.25, 0.3) is 0 Å². The van der Waals surface area contributed by atoms with Gasteiger partial charge in [0.2, 0.25) is 0 Å². The smallest absolute Gasteiger partial charge is 0.296 e. The average molecular weight is 248 g/mol. The van der Waals surface area contributed by atoms with Crippen molar-refractivity contribution < 1.29 is 4.79 Å². The predicted octanol–water partition coefficient (Wildman–Crippen LogP) is 0.643. The van der Waals surface area contributed by atoms with Crippen molar-refractivity contribution in [3.63, 3.8) is 0 Å². The molecule has 2 aliphatic carbocycles. The van der Waals surface area contributed by atoms with E-state index in [9.17, 15) is 14.4 Å². The Morgan fingerprint density at radius 2 is 1.61 bits per heavy atom. The van der Waals surface area contributed by atoms with Crippen molar-refractivity contribution in [3.05, 3.63) is 32.6 Å². The molecule has 2 aliphatic rings. The molecule has 5 heteroatoms. The second-order valence-corrected chi connectivity index (χ2v) is 5.42. The van der Waals surface area contributed by atoms with Crippen LogP contribution in [0, 0.1) is 11.8 Å². The van der Waals surface area contributed by atoms with E-state index in [1.165, 1.54) is 15.2 Å². The van der Waals surface area contributed by atoms with E-state index < -0.39 is 0 Å². The number of carbonyl (C=O) groups excluding carboxylic acids is 1. The summed E-state index contributed by atoms with van der Waals surface area (Å²) in [7, 11) is 0. The molecule has 5 nitrogen and oxygen atoms in total. The molecule has 0 bridgehead atoms. The van der Waals surface area contributed by atoms with Gasteiger partial charge in [-0.25, -0.2) is 4.79 Å². The van der Waals surface area contributed by atoms with Gasteiger partial charge in [-0.15, -0.1) is 0 Å². The summed E-state index contributed by atoms with van der Waals surface area (Å²) in [5.41, 5.74) is -0.451. The second-order valence-electron chi connectivity index (χ2n) is 5.42. The third kappa shape index (κ3) is 2.17. The molecular formula is C13H16N2O3. The molecule has 0 atom stereocenters. The Labute approximate surface area is 104 Å². The molecule has 2 fully saturated rings. The fraction of sp³-hybridized carbons (Fsp3) is 0.615. The quantitative estimate of drug-likeness (QED) is 0.718. The van der Waals surface area contributed by atoms with E-state index in [1.54, 1.807) is 0 Å².